The molecule has 1 amide bonds. The van der Waals surface area contributed by atoms with Crippen LogP contribution < -0.4 is 14.2 Å². The lowest BCUT2D eigenvalue weighted by atomic mass is 9.85. The lowest BCUT2D eigenvalue weighted by molar-refractivity contribution is -0.118. The molecular formula is C32H41N3O7S. The van der Waals surface area contributed by atoms with Crippen molar-refractivity contribution in [2.75, 3.05) is 40.5 Å². The number of carbonyl (C=O) groups excluding carboxylic acids is 1. The first-order valence-corrected chi connectivity index (χ1v) is 16.1. The van der Waals surface area contributed by atoms with E-state index in [2.05, 4.69) is 29.0 Å². The monoisotopic (exact) mass is 611 g/mol. The van der Waals surface area contributed by atoms with Gasteiger partial charge in [0.25, 0.3) is 0 Å². The number of amides is 1. The number of carbonyl (C=O) groups is 1. The second-order valence-corrected chi connectivity index (χ2v) is 13.1. The summed E-state index contributed by atoms with van der Waals surface area (Å²) in [4.78, 5) is 12.7. The molecule has 0 unspecified atom stereocenters. The Kier molecular flexibility index (Phi) is 9.75. The fourth-order valence-electron chi connectivity index (χ4n) is 6.29. The third-order valence-corrected chi connectivity index (χ3v) is 10.0. The molecule has 1 saturated heterocycles. The van der Waals surface area contributed by atoms with E-state index in [9.17, 15) is 18.3 Å². The number of hydrogen-bond donors (Lipinski definition) is 2. The van der Waals surface area contributed by atoms with Crippen LogP contribution in [0.2, 0.25) is 0 Å². The number of aromatic nitrogens is 1. The van der Waals surface area contributed by atoms with Crippen molar-refractivity contribution in [3.63, 3.8) is 0 Å². The van der Waals surface area contributed by atoms with Crippen molar-refractivity contribution >= 4 is 16.1 Å². The third kappa shape index (κ3) is 7.41. The van der Waals surface area contributed by atoms with Crippen LogP contribution in [0.1, 0.15) is 40.3 Å². The maximum absolute atomic E-state index is 12.7. The van der Waals surface area contributed by atoms with Gasteiger partial charge in [0.05, 0.1) is 40.0 Å². The van der Waals surface area contributed by atoms with E-state index in [1.807, 2.05) is 42.1 Å². The maximum atomic E-state index is 12.7. The van der Waals surface area contributed by atoms with Gasteiger partial charge in [0.15, 0.2) is 0 Å². The fourth-order valence-corrected chi connectivity index (χ4v) is 7.41. The number of morpholine rings is 1. The molecule has 0 spiro atoms. The van der Waals surface area contributed by atoms with Gasteiger partial charge in [0.1, 0.15) is 11.5 Å². The number of nitrogens with one attached hydrogen (secondary N) is 1. The quantitative estimate of drug-likeness (QED) is 0.323. The van der Waals surface area contributed by atoms with Gasteiger partial charge in [-0.1, -0.05) is 24.3 Å². The number of nitrogens with zero attached hydrogens (tertiary/aromatic N) is 2. The van der Waals surface area contributed by atoms with E-state index >= 15 is 0 Å². The van der Waals surface area contributed by atoms with Crippen LogP contribution in [0.5, 0.6) is 11.5 Å². The molecule has 0 radical (unpaired) electrons. The average molecular weight is 612 g/mol. The highest BCUT2D eigenvalue weighted by Gasteiger charge is 2.30. The van der Waals surface area contributed by atoms with Crippen molar-refractivity contribution in [2.24, 2.45) is 11.8 Å². The van der Waals surface area contributed by atoms with E-state index in [0.717, 1.165) is 30.4 Å². The van der Waals surface area contributed by atoms with Crippen LogP contribution in [0.3, 0.4) is 0 Å². The van der Waals surface area contributed by atoms with Crippen molar-refractivity contribution in [1.29, 1.82) is 0 Å². The van der Waals surface area contributed by atoms with Crippen LogP contribution in [-0.2, 0) is 45.5 Å². The van der Waals surface area contributed by atoms with E-state index in [0.29, 0.717) is 42.7 Å². The lowest BCUT2D eigenvalue weighted by Gasteiger charge is -2.27. The molecule has 1 aliphatic heterocycles. The molecule has 43 heavy (non-hydrogen) atoms. The van der Waals surface area contributed by atoms with Crippen molar-refractivity contribution in [3.05, 3.63) is 82.7 Å². The Balaban J connectivity index is 1.31. The van der Waals surface area contributed by atoms with Crippen LogP contribution in [0, 0.1) is 18.8 Å². The molecule has 2 atom stereocenters. The number of benzene rings is 2. The van der Waals surface area contributed by atoms with Gasteiger partial charge in [-0.2, -0.15) is 12.7 Å². The lowest BCUT2D eigenvalue weighted by Crippen LogP contribution is -2.48. The molecule has 2 aromatic carbocycles. The van der Waals surface area contributed by atoms with E-state index in [1.165, 1.54) is 15.4 Å². The molecule has 2 N–H and O–H groups in total. The number of aliphatic hydroxyl groups excluding tert-OH is 1. The first-order valence-electron chi connectivity index (χ1n) is 14.7. The second kappa shape index (κ2) is 13.5. The highest BCUT2D eigenvalue weighted by atomic mass is 32.2. The summed E-state index contributed by atoms with van der Waals surface area (Å²) in [7, 11) is -0.702. The Bertz CT molecular complexity index is 1480. The zero-order chi connectivity index (χ0) is 30.6. The van der Waals surface area contributed by atoms with E-state index in [1.54, 1.807) is 14.2 Å². The van der Waals surface area contributed by atoms with Gasteiger partial charge >= 0.3 is 10.2 Å². The van der Waals surface area contributed by atoms with Gasteiger partial charge in [0, 0.05) is 43.5 Å². The fraction of sp³-hybridized carbons (Fsp3) is 0.469. The number of hydrogen-bond acceptors (Lipinski definition) is 7. The van der Waals surface area contributed by atoms with Crippen LogP contribution in [0.4, 0.5) is 0 Å². The van der Waals surface area contributed by atoms with Crippen LogP contribution >= 0.6 is 0 Å². The highest BCUT2D eigenvalue weighted by Crippen LogP contribution is 2.39. The summed E-state index contributed by atoms with van der Waals surface area (Å²) in [6.45, 7) is 3.48. The van der Waals surface area contributed by atoms with Crippen molar-refractivity contribution in [3.8, 4) is 11.5 Å². The second-order valence-electron chi connectivity index (χ2n) is 11.5. The summed E-state index contributed by atoms with van der Waals surface area (Å²) in [6.07, 6.45) is 5.58. The number of methoxy groups -OCH3 is 2. The molecule has 1 aromatic heterocycles. The summed E-state index contributed by atoms with van der Waals surface area (Å²) in [5.41, 5.74) is 5.00. The summed E-state index contributed by atoms with van der Waals surface area (Å²) in [5, 5.41) is 11.8. The molecule has 1 fully saturated rings. The summed E-state index contributed by atoms with van der Waals surface area (Å²) < 4.78 is 46.9. The standard InChI is InChI=1S/C32H41N3O7S/c1-22-29(40-2)18-27(19-30(22)41-3)32(37)28(16-24-14-25-6-4-5-7-26(25)15-24)21-34-9-8-23(20-34)17-31(36)33-43(38,39)35-10-12-42-13-11-35/h4-9,18-20,24,28,32,37H,10-17,21H2,1-3H3,(H,33,36)/t28-,32-/m1/s1. The average Bonchev–Trinajstić information content (AvgIpc) is 3.62. The molecule has 0 bridgehead atoms. The summed E-state index contributed by atoms with van der Waals surface area (Å²) >= 11 is 0. The van der Waals surface area contributed by atoms with E-state index < -0.39 is 22.2 Å². The number of ether oxygens (including phenoxy) is 3. The predicted octanol–water partition coefficient (Wildman–Crippen LogP) is 3.20. The topological polar surface area (TPSA) is 119 Å². The van der Waals surface area contributed by atoms with Crippen LogP contribution in [0.15, 0.2) is 54.9 Å². The number of fused-ring (bicyclic) bond motifs is 1. The molecule has 1 aliphatic carbocycles. The van der Waals surface area contributed by atoms with Gasteiger partial charge in [-0.25, -0.2) is 4.72 Å². The number of rotatable bonds is 12. The normalized spacial score (nSPS) is 17.3. The molecule has 11 heteroatoms. The van der Waals surface area contributed by atoms with Crippen molar-refractivity contribution in [2.45, 2.75) is 45.3 Å². The molecule has 10 nitrogen and oxygen atoms in total. The summed E-state index contributed by atoms with van der Waals surface area (Å²) in [5.74, 6) is 0.955. The third-order valence-electron chi connectivity index (χ3n) is 8.51. The molecule has 0 saturated carbocycles. The Morgan fingerprint density at radius 2 is 1.70 bits per heavy atom. The Hall–Kier alpha value is -3.38. The molecule has 2 heterocycles. The Morgan fingerprint density at radius 1 is 1.07 bits per heavy atom. The molecule has 5 rings (SSSR count). The zero-order valence-corrected chi connectivity index (χ0v) is 25.8. The van der Waals surface area contributed by atoms with E-state index in [4.69, 9.17) is 14.2 Å². The largest absolute Gasteiger partial charge is 0.496 e. The minimum absolute atomic E-state index is 0.0753. The molecular weight excluding hydrogens is 570 g/mol. The highest BCUT2D eigenvalue weighted by molar-refractivity contribution is 7.87. The van der Waals surface area contributed by atoms with Gasteiger partial charge < -0.3 is 23.9 Å². The minimum atomic E-state index is -3.91. The van der Waals surface area contributed by atoms with Crippen molar-refractivity contribution in [1.82, 2.24) is 13.6 Å². The van der Waals surface area contributed by atoms with Crippen LogP contribution in [0.25, 0.3) is 0 Å². The van der Waals surface area contributed by atoms with E-state index in [-0.39, 0.29) is 25.4 Å². The molecule has 3 aromatic rings. The zero-order valence-electron chi connectivity index (χ0n) is 25.0. The van der Waals surface area contributed by atoms with Crippen molar-refractivity contribution < 1.29 is 32.5 Å². The Labute approximate surface area is 253 Å². The first-order chi connectivity index (χ1) is 20.7. The van der Waals surface area contributed by atoms with Gasteiger partial charge in [-0.05, 0) is 72.6 Å². The predicted molar refractivity (Wildman–Crippen MR) is 162 cm³/mol. The number of aliphatic hydroxyl groups is 1. The minimum Gasteiger partial charge on any atom is -0.496 e. The summed E-state index contributed by atoms with van der Waals surface area (Å²) in [6, 6.07) is 14.1. The van der Waals surface area contributed by atoms with Gasteiger partial charge in [-0.15, -0.1) is 0 Å². The smallest absolute Gasteiger partial charge is 0.303 e. The molecule has 2 aliphatic rings. The Morgan fingerprint density at radius 3 is 2.30 bits per heavy atom. The van der Waals surface area contributed by atoms with Crippen LogP contribution in [-0.4, -0.2) is 68.8 Å². The van der Waals surface area contributed by atoms with Gasteiger partial charge in [-0.3, -0.25) is 4.79 Å². The first kappa shape index (κ1) is 31.1. The maximum Gasteiger partial charge on any atom is 0.303 e. The molecule has 232 valence electrons. The van der Waals surface area contributed by atoms with Gasteiger partial charge in [0.2, 0.25) is 5.91 Å². The SMILES string of the molecule is COc1cc([C@@H](O)[C@H](CC2Cc3ccccc3C2)Cn2ccc(CC(=O)NS(=O)(=O)N3CCOCC3)c2)cc(OC)c1C.